The monoisotopic (exact) mass is 756 g/mol. The molecule has 3 N–H and O–H groups in total. The second kappa shape index (κ2) is 16.4. The number of allylic oxidation sites excluding steroid dienone is 1. The molecule has 2 saturated heterocycles. The van der Waals surface area contributed by atoms with Crippen LogP contribution in [0.2, 0.25) is 0 Å². The smallest absolute Gasteiger partial charge is 0.339 e. The molecule has 0 aromatic heterocycles. The zero-order valence-corrected chi connectivity index (χ0v) is 31.8. The van der Waals surface area contributed by atoms with Crippen LogP contribution in [0.1, 0.15) is 92.8 Å². The van der Waals surface area contributed by atoms with Crippen LogP contribution in [-0.2, 0) is 50.9 Å². The molecular weight excluding hydrogens is 704 g/mol. The van der Waals surface area contributed by atoms with E-state index in [2.05, 4.69) is 28.8 Å². The molecule has 1 saturated carbocycles. The summed E-state index contributed by atoms with van der Waals surface area (Å²) in [4.78, 5) is 52.3. The quantitative estimate of drug-likeness (QED) is 0.196. The Hall–Kier alpha value is -4.36. The number of amides is 2. The Balaban J connectivity index is 0.994. The molecule has 294 valence electrons. The van der Waals surface area contributed by atoms with Crippen molar-refractivity contribution in [2.24, 2.45) is 5.92 Å². The fourth-order valence-electron chi connectivity index (χ4n) is 8.14. The van der Waals surface area contributed by atoms with E-state index in [1.807, 2.05) is 30.3 Å². The number of hydrogen-bond acceptors (Lipinski definition) is 10. The van der Waals surface area contributed by atoms with E-state index >= 15 is 0 Å². The van der Waals surface area contributed by atoms with Crippen molar-refractivity contribution < 1.29 is 48.0 Å². The lowest BCUT2D eigenvalue weighted by atomic mass is 9.88. The molecule has 1 spiro atoms. The molecule has 2 aromatic rings. The van der Waals surface area contributed by atoms with Gasteiger partial charge in [-0.3, -0.25) is 14.4 Å². The lowest BCUT2D eigenvalue weighted by Crippen LogP contribution is -2.44. The van der Waals surface area contributed by atoms with Gasteiger partial charge in [0.15, 0.2) is 5.79 Å². The number of carbonyl (C=O) groups excluding carboxylic acids is 4. The summed E-state index contributed by atoms with van der Waals surface area (Å²) in [7, 11) is 0. The molecule has 7 atom stereocenters. The highest BCUT2D eigenvalue weighted by molar-refractivity contribution is 5.95. The van der Waals surface area contributed by atoms with E-state index in [0.717, 1.165) is 36.0 Å². The molecule has 7 rings (SSSR count). The van der Waals surface area contributed by atoms with Gasteiger partial charge in [-0.1, -0.05) is 54.6 Å². The summed E-state index contributed by atoms with van der Waals surface area (Å²) in [6.45, 7) is 4.99. The summed E-state index contributed by atoms with van der Waals surface area (Å²) in [6, 6.07) is 14.8. The molecule has 0 radical (unpaired) electrons. The predicted octanol–water partition coefficient (Wildman–Crippen LogP) is 4.51. The number of ether oxygens (including phenoxy) is 5. The zero-order chi connectivity index (χ0) is 38.7. The first-order valence-corrected chi connectivity index (χ1v) is 19.5. The second-order valence-corrected chi connectivity index (χ2v) is 16.3. The van der Waals surface area contributed by atoms with Gasteiger partial charge in [0.05, 0.1) is 30.4 Å². The van der Waals surface area contributed by atoms with Gasteiger partial charge in [0, 0.05) is 44.2 Å². The summed E-state index contributed by atoms with van der Waals surface area (Å²) >= 11 is 0. The first-order chi connectivity index (χ1) is 26.4. The van der Waals surface area contributed by atoms with E-state index in [9.17, 15) is 24.3 Å². The topological polar surface area (TPSA) is 162 Å². The Bertz CT molecular complexity index is 1810. The van der Waals surface area contributed by atoms with Gasteiger partial charge in [0.2, 0.25) is 11.8 Å². The van der Waals surface area contributed by atoms with Crippen molar-refractivity contribution >= 4 is 29.8 Å². The Labute approximate surface area is 322 Å². The molecule has 12 nitrogen and oxygen atoms in total. The molecule has 2 aliphatic heterocycles. The number of esters is 2. The molecule has 12 heteroatoms. The Morgan fingerprint density at radius 1 is 0.982 bits per heavy atom. The number of rotatable bonds is 13. The fourth-order valence-corrected chi connectivity index (χ4v) is 8.14. The van der Waals surface area contributed by atoms with Crippen LogP contribution in [0.3, 0.4) is 0 Å². The van der Waals surface area contributed by atoms with Crippen molar-refractivity contribution in [3.63, 3.8) is 0 Å². The predicted molar refractivity (Wildman–Crippen MR) is 201 cm³/mol. The third kappa shape index (κ3) is 9.72. The summed E-state index contributed by atoms with van der Waals surface area (Å²) in [5.41, 5.74) is 3.18. The van der Waals surface area contributed by atoms with E-state index in [1.165, 1.54) is 0 Å². The van der Waals surface area contributed by atoms with Crippen molar-refractivity contribution in [1.29, 1.82) is 0 Å². The van der Waals surface area contributed by atoms with Gasteiger partial charge in [-0.15, -0.1) is 0 Å². The lowest BCUT2D eigenvalue weighted by Gasteiger charge is -2.30. The number of fused-ring (bicyclic) bond motifs is 3. The zero-order valence-electron chi connectivity index (χ0n) is 31.8. The Morgan fingerprint density at radius 3 is 2.45 bits per heavy atom. The summed E-state index contributed by atoms with van der Waals surface area (Å²) < 4.78 is 30.5. The summed E-state index contributed by atoms with van der Waals surface area (Å²) in [5, 5.41) is 15.3. The first kappa shape index (κ1) is 38.9. The van der Waals surface area contributed by atoms with Crippen molar-refractivity contribution in [3.05, 3.63) is 88.5 Å². The van der Waals surface area contributed by atoms with E-state index in [-0.39, 0.29) is 44.7 Å². The number of benzene rings is 2. The number of nitrogens with one attached hydrogen (secondary N) is 2. The molecule has 3 aliphatic carbocycles. The summed E-state index contributed by atoms with van der Waals surface area (Å²) in [6.07, 6.45) is 9.05. The van der Waals surface area contributed by atoms with Crippen LogP contribution in [0, 0.1) is 5.92 Å². The van der Waals surface area contributed by atoms with E-state index in [4.69, 9.17) is 23.7 Å². The standard InChI is InChI=1S/C43H52N2O10/c1-42(2,3)54-38(48)17-15-31(25-46)45-37(47)18-19-44-40(49)30-21-35(39-36(22-30)53-43(55-39)23-28-9-4-5-10-29(28)24-43)52-41(50)32-11-7-6-8-27(32)14-12-26-13-16-33-34(20-26)51-33/h4-12,14,22,26,31,33-36,39,46H,13,15-21,23-25H2,1-3H3,(H,44,49)(H,45,47). The van der Waals surface area contributed by atoms with Crippen LogP contribution in [0.4, 0.5) is 0 Å². The SMILES string of the molecule is CC(C)(C)OC(=O)CCC(CO)NC(=O)CCNC(=O)C1=CC2OC3(Cc4ccccc4C3)OC2C(OC(=O)c2ccccc2C=CC2CCC3OC3C2)C1. The van der Waals surface area contributed by atoms with E-state index < -0.39 is 53.6 Å². The highest BCUT2D eigenvalue weighted by atomic mass is 16.8. The largest absolute Gasteiger partial charge is 0.460 e. The van der Waals surface area contributed by atoms with Gasteiger partial charge in [-0.05, 0) is 81.2 Å². The molecule has 55 heavy (non-hydrogen) atoms. The fraction of sp³-hybridized carbons (Fsp3) is 0.535. The minimum absolute atomic E-state index is 0.0234. The molecule has 3 fully saturated rings. The Morgan fingerprint density at radius 2 is 1.73 bits per heavy atom. The molecule has 7 unspecified atom stereocenters. The Kier molecular flexibility index (Phi) is 11.6. The van der Waals surface area contributed by atoms with Crippen LogP contribution >= 0.6 is 0 Å². The van der Waals surface area contributed by atoms with E-state index in [0.29, 0.717) is 42.1 Å². The normalized spacial score (nSPS) is 26.7. The minimum Gasteiger partial charge on any atom is -0.460 e. The number of carbonyl (C=O) groups is 4. The highest BCUT2D eigenvalue weighted by Crippen LogP contribution is 2.45. The van der Waals surface area contributed by atoms with Gasteiger partial charge in [-0.2, -0.15) is 0 Å². The summed E-state index contributed by atoms with van der Waals surface area (Å²) in [5.74, 6) is -2.28. The van der Waals surface area contributed by atoms with Crippen molar-refractivity contribution in [2.45, 2.75) is 127 Å². The van der Waals surface area contributed by atoms with Gasteiger partial charge >= 0.3 is 11.9 Å². The van der Waals surface area contributed by atoms with Crippen molar-refractivity contribution in [3.8, 4) is 0 Å². The molecule has 2 heterocycles. The average Bonchev–Trinajstić information content (AvgIpc) is 3.70. The molecule has 5 aliphatic rings. The number of hydrogen-bond donors (Lipinski definition) is 3. The van der Waals surface area contributed by atoms with Gasteiger partial charge < -0.3 is 39.4 Å². The van der Waals surface area contributed by atoms with Crippen LogP contribution < -0.4 is 10.6 Å². The molecule has 2 aromatic carbocycles. The van der Waals surface area contributed by atoms with Crippen LogP contribution in [0.5, 0.6) is 0 Å². The maximum absolute atomic E-state index is 13.9. The molecular formula is C43H52N2O10. The molecule has 2 amide bonds. The third-order valence-electron chi connectivity index (χ3n) is 10.9. The van der Waals surface area contributed by atoms with Crippen LogP contribution in [0.25, 0.3) is 6.08 Å². The van der Waals surface area contributed by atoms with Gasteiger partial charge in [-0.25, -0.2) is 4.79 Å². The van der Waals surface area contributed by atoms with Gasteiger partial charge in [0.25, 0.3) is 0 Å². The van der Waals surface area contributed by atoms with E-state index in [1.54, 1.807) is 39.0 Å². The number of epoxide rings is 1. The first-order valence-electron chi connectivity index (χ1n) is 19.5. The van der Waals surface area contributed by atoms with Crippen molar-refractivity contribution in [1.82, 2.24) is 10.6 Å². The maximum atomic E-state index is 13.9. The van der Waals surface area contributed by atoms with Crippen molar-refractivity contribution in [2.75, 3.05) is 13.2 Å². The third-order valence-corrected chi connectivity index (χ3v) is 10.9. The highest BCUT2D eigenvalue weighted by Gasteiger charge is 2.55. The number of aliphatic hydroxyl groups excluding tert-OH is 1. The van der Waals surface area contributed by atoms with Crippen LogP contribution in [0.15, 0.2) is 66.3 Å². The van der Waals surface area contributed by atoms with Gasteiger partial charge in [0.1, 0.15) is 23.9 Å². The second-order valence-electron chi connectivity index (χ2n) is 16.3. The maximum Gasteiger partial charge on any atom is 0.339 e. The minimum atomic E-state index is -0.943. The van der Waals surface area contributed by atoms with Crippen LogP contribution in [-0.4, -0.2) is 90.0 Å². The number of aliphatic hydroxyl groups is 1. The molecule has 0 bridgehead atoms. The lowest BCUT2D eigenvalue weighted by molar-refractivity contribution is -0.172. The average molecular weight is 757 g/mol.